The zero-order valence-corrected chi connectivity index (χ0v) is 15.7. The van der Waals surface area contributed by atoms with Crippen LogP contribution in [0.5, 0.6) is 0 Å². The van der Waals surface area contributed by atoms with Gasteiger partial charge < -0.3 is 14.4 Å². The summed E-state index contributed by atoms with van der Waals surface area (Å²) in [5.41, 5.74) is 1.60. The van der Waals surface area contributed by atoms with Gasteiger partial charge in [0.1, 0.15) is 5.60 Å². The monoisotopic (exact) mass is 347 g/mol. The van der Waals surface area contributed by atoms with Gasteiger partial charge in [0.15, 0.2) is 0 Å². The molecular formula is C20H29NO4. The average Bonchev–Trinajstić information content (AvgIpc) is 2.90. The van der Waals surface area contributed by atoms with Gasteiger partial charge in [-0.2, -0.15) is 0 Å². The van der Waals surface area contributed by atoms with E-state index in [9.17, 15) is 9.59 Å². The van der Waals surface area contributed by atoms with Gasteiger partial charge in [0.2, 0.25) is 0 Å². The summed E-state index contributed by atoms with van der Waals surface area (Å²) in [6, 6.07) is 0. The Balaban J connectivity index is 2.18. The van der Waals surface area contributed by atoms with Crippen LogP contribution in [0, 0.1) is 5.92 Å². The van der Waals surface area contributed by atoms with Gasteiger partial charge in [0.25, 0.3) is 0 Å². The van der Waals surface area contributed by atoms with Gasteiger partial charge in [-0.3, -0.25) is 0 Å². The summed E-state index contributed by atoms with van der Waals surface area (Å²) in [4.78, 5) is 25.9. The average molecular weight is 347 g/mol. The normalized spacial score (nSPS) is 25.9. The highest BCUT2D eigenvalue weighted by molar-refractivity contribution is 5.83. The molecular weight excluding hydrogens is 318 g/mol. The van der Waals surface area contributed by atoms with Crippen molar-refractivity contribution in [2.24, 2.45) is 5.92 Å². The van der Waals surface area contributed by atoms with E-state index in [0.29, 0.717) is 19.7 Å². The Morgan fingerprint density at radius 1 is 1.36 bits per heavy atom. The summed E-state index contributed by atoms with van der Waals surface area (Å²) in [5, 5.41) is 0. The second kappa shape index (κ2) is 8.37. The van der Waals surface area contributed by atoms with E-state index in [4.69, 9.17) is 9.47 Å². The highest BCUT2D eigenvalue weighted by Gasteiger charge is 2.32. The Morgan fingerprint density at radius 3 is 2.80 bits per heavy atom. The highest BCUT2D eigenvalue weighted by atomic mass is 16.6. The molecule has 0 radical (unpaired) electrons. The predicted molar refractivity (Wildman–Crippen MR) is 97.1 cm³/mol. The molecule has 0 aromatic rings. The number of esters is 1. The third-order valence-corrected chi connectivity index (χ3v) is 4.08. The van der Waals surface area contributed by atoms with E-state index < -0.39 is 5.60 Å². The second-order valence-corrected chi connectivity index (χ2v) is 7.48. The molecule has 2 aliphatic rings. The van der Waals surface area contributed by atoms with Crippen molar-refractivity contribution >= 4 is 12.1 Å². The van der Waals surface area contributed by atoms with Crippen molar-refractivity contribution in [1.29, 1.82) is 0 Å². The van der Waals surface area contributed by atoms with E-state index in [-0.39, 0.29) is 18.0 Å². The molecule has 0 aromatic carbocycles. The predicted octanol–water partition coefficient (Wildman–Crippen LogP) is 4.01. The molecule has 1 fully saturated rings. The lowest BCUT2D eigenvalue weighted by atomic mass is 9.99. The van der Waals surface area contributed by atoms with Crippen LogP contribution < -0.4 is 0 Å². The van der Waals surface area contributed by atoms with E-state index in [1.807, 2.05) is 20.8 Å². The van der Waals surface area contributed by atoms with Gasteiger partial charge in [-0.15, -0.1) is 0 Å². The number of rotatable bonds is 2. The number of carbonyl (C=O) groups is 2. The number of nitrogens with zero attached hydrogens (tertiary/aromatic N) is 1. The van der Waals surface area contributed by atoms with Crippen molar-refractivity contribution in [1.82, 2.24) is 4.90 Å². The summed E-state index contributed by atoms with van der Waals surface area (Å²) in [6.45, 7) is 8.92. The highest BCUT2D eigenvalue weighted by Crippen LogP contribution is 2.29. The molecule has 0 N–H and O–H groups in total. The van der Waals surface area contributed by atoms with Crippen molar-refractivity contribution in [3.63, 3.8) is 0 Å². The Hall–Kier alpha value is -2.04. The topological polar surface area (TPSA) is 55.8 Å². The lowest BCUT2D eigenvalue weighted by Crippen LogP contribution is -2.35. The Morgan fingerprint density at radius 2 is 2.12 bits per heavy atom. The number of amides is 1. The fraction of sp³-hybridized carbons (Fsp3) is 0.600. The van der Waals surface area contributed by atoms with Crippen molar-refractivity contribution in [2.45, 2.75) is 52.6 Å². The van der Waals surface area contributed by atoms with E-state index in [2.05, 4.69) is 18.2 Å². The molecule has 1 aliphatic heterocycles. The molecule has 1 heterocycles. The maximum absolute atomic E-state index is 12.4. The van der Waals surface area contributed by atoms with Crippen LogP contribution in [0.4, 0.5) is 4.79 Å². The molecule has 0 bridgehead atoms. The van der Waals surface area contributed by atoms with Crippen molar-refractivity contribution < 1.29 is 19.1 Å². The van der Waals surface area contributed by atoms with Crippen LogP contribution in [0.2, 0.25) is 0 Å². The third kappa shape index (κ3) is 6.07. The molecule has 5 nitrogen and oxygen atoms in total. The molecule has 1 atom stereocenters. The lowest BCUT2D eigenvalue weighted by molar-refractivity contribution is -0.137. The van der Waals surface area contributed by atoms with E-state index in [1.54, 1.807) is 17.9 Å². The summed E-state index contributed by atoms with van der Waals surface area (Å²) >= 11 is 0. The number of hydrogen-bond donors (Lipinski definition) is 0. The molecule has 0 saturated carbocycles. The fourth-order valence-electron chi connectivity index (χ4n) is 3.00. The molecule has 0 aromatic heterocycles. The van der Waals surface area contributed by atoms with Crippen LogP contribution in [-0.4, -0.2) is 42.3 Å². The largest absolute Gasteiger partial charge is 0.463 e. The Labute approximate surface area is 150 Å². The maximum Gasteiger partial charge on any atom is 0.410 e. The van der Waals surface area contributed by atoms with Crippen LogP contribution >= 0.6 is 0 Å². The first-order valence-corrected chi connectivity index (χ1v) is 9.01. The standard InChI is InChI=1S/C20H29NO4/c1-5-24-18(22)12-15-9-7-6-8-10-16-13-21(14-17(16)11-15)19(23)25-20(2,3)4/h8,10-12,16H,5-7,9,13-14H2,1-4H3/b10-8-,15-12+,17-11-. The van der Waals surface area contributed by atoms with Gasteiger partial charge in [0.05, 0.1) is 6.61 Å². The zero-order valence-electron chi connectivity index (χ0n) is 15.7. The van der Waals surface area contributed by atoms with Crippen molar-refractivity contribution in [3.8, 4) is 0 Å². The molecule has 5 heteroatoms. The first-order chi connectivity index (χ1) is 11.8. The maximum atomic E-state index is 12.4. The summed E-state index contributed by atoms with van der Waals surface area (Å²) in [5.74, 6) is -0.128. The van der Waals surface area contributed by atoms with Gasteiger partial charge in [-0.1, -0.05) is 18.2 Å². The van der Waals surface area contributed by atoms with Gasteiger partial charge >= 0.3 is 12.1 Å². The van der Waals surface area contributed by atoms with Crippen molar-refractivity contribution in [2.75, 3.05) is 19.7 Å². The van der Waals surface area contributed by atoms with Crippen molar-refractivity contribution in [3.05, 3.63) is 35.5 Å². The van der Waals surface area contributed by atoms with E-state index in [1.165, 1.54) is 0 Å². The lowest BCUT2D eigenvalue weighted by Gasteiger charge is -2.24. The number of carbonyl (C=O) groups excluding carboxylic acids is 2. The van der Waals surface area contributed by atoms with Gasteiger partial charge in [0, 0.05) is 25.1 Å². The van der Waals surface area contributed by atoms with Crippen LogP contribution in [0.15, 0.2) is 35.5 Å². The summed E-state index contributed by atoms with van der Waals surface area (Å²) in [7, 11) is 0. The molecule has 0 spiro atoms. The minimum atomic E-state index is -0.505. The number of hydrogen-bond acceptors (Lipinski definition) is 4. The molecule has 1 saturated heterocycles. The second-order valence-electron chi connectivity index (χ2n) is 7.48. The first-order valence-electron chi connectivity index (χ1n) is 9.01. The third-order valence-electron chi connectivity index (χ3n) is 4.08. The van der Waals surface area contributed by atoms with Gasteiger partial charge in [-0.25, -0.2) is 9.59 Å². The van der Waals surface area contributed by atoms with Crippen LogP contribution in [0.25, 0.3) is 0 Å². The SMILES string of the molecule is CCOC(=O)/C=C1/C=C2/CN(C(=O)OC(C)(C)C)CC2/C=C\CCC1. The minimum Gasteiger partial charge on any atom is -0.463 e. The summed E-state index contributed by atoms with van der Waals surface area (Å²) in [6.07, 6.45) is 10.5. The molecule has 138 valence electrons. The molecule has 1 unspecified atom stereocenters. The Bertz CT molecular complexity index is 595. The minimum absolute atomic E-state index is 0.177. The number of ether oxygens (including phenoxy) is 2. The molecule has 1 aliphatic carbocycles. The fourth-order valence-corrected chi connectivity index (χ4v) is 3.00. The van der Waals surface area contributed by atoms with E-state index >= 15 is 0 Å². The molecule has 1 amide bonds. The number of fused-ring (bicyclic) bond motifs is 1. The zero-order chi connectivity index (χ0) is 18.4. The Kier molecular flexibility index (Phi) is 6.45. The quantitative estimate of drug-likeness (QED) is 0.430. The van der Waals surface area contributed by atoms with Crippen LogP contribution in [0.3, 0.4) is 0 Å². The summed E-state index contributed by atoms with van der Waals surface area (Å²) < 4.78 is 10.5. The van der Waals surface area contributed by atoms with Gasteiger partial charge in [-0.05, 0) is 58.1 Å². The first kappa shape index (κ1) is 19.3. The smallest absolute Gasteiger partial charge is 0.410 e. The number of allylic oxidation sites excluding steroid dienone is 3. The molecule has 25 heavy (non-hydrogen) atoms. The number of likely N-dealkylation sites (tertiary alicyclic amines) is 1. The van der Waals surface area contributed by atoms with E-state index in [0.717, 1.165) is 30.4 Å². The van der Waals surface area contributed by atoms with Crippen LogP contribution in [-0.2, 0) is 14.3 Å². The van der Waals surface area contributed by atoms with Crippen LogP contribution in [0.1, 0.15) is 47.0 Å². The molecule has 2 rings (SSSR count).